The van der Waals surface area contributed by atoms with Crippen LogP contribution in [0.3, 0.4) is 0 Å². The van der Waals surface area contributed by atoms with Gasteiger partial charge in [-0.2, -0.15) is 9.40 Å². The monoisotopic (exact) mass is 492 g/mol. The van der Waals surface area contributed by atoms with Gasteiger partial charge in [0.15, 0.2) is 5.65 Å². The predicted molar refractivity (Wildman–Crippen MR) is 120 cm³/mol. The molecule has 0 aliphatic carbocycles. The van der Waals surface area contributed by atoms with Gasteiger partial charge in [0.05, 0.1) is 10.3 Å². The summed E-state index contributed by atoms with van der Waals surface area (Å²) in [7, 11) is -1.74. The van der Waals surface area contributed by atoms with E-state index in [-0.39, 0.29) is 0 Å². The Bertz CT molecular complexity index is 1220. The maximum atomic E-state index is 13.5. The molecular formula is C20H25BrN6O2S. The maximum absolute atomic E-state index is 13.5. The van der Waals surface area contributed by atoms with E-state index in [1.165, 1.54) is 6.33 Å². The second-order valence-corrected chi connectivity index (χ2v) is 10.4. The molecule has 2 aromatic heterocycles. The van der Waals surface area contributed by atoms with Crippen LogP contribution in [0.5, 0.6) is 0 Å². The summed E-state index contributed by atoms with van der Waals surface area (Å²) >= 11 is 3.49. The summed E-state index contributed by atoms with van der Waals surface area (Å²) in [6, 6.07) is 2.05. The minimum absolute atomic E-state index is 0.400. The van der Waals surface area contributed by atoms with E-state index in [1.807, 2.05) is 40.8 Å². The topological polar surface area (TPSA) is 84.2 Å². The van der Waals surface area contributed by atoms with E-state index >= 15 is 0 Å². The van der Waals surface area contributed by atoms with Crippen molar-refractivity contribution in [1.29, 1.82) is 0 Å². The van der Waals surface area contributed by atoms with Gasteiger partial charge in [-0.25, -0.2) is 23.1 Å². The highest BCUT2D eigenvalue weighted by Crippen LogP contribution is 2.32. The lowest BCUT2D eigenvalue weighted by molar-refractivity contribution is 0.383. The van der Waals surface area contributed by atoms with Gasteiger partial charge in [-0.3, -0.25) is 0 Å². The van der Waals surface area contributed by atoms with Crippen LogP contribution in [0.25, 0.3) is 11.0 Å². The highest BCUT2D eigenvalue weighted by Gasteiger charge is 2.33. The molecule has 0 N–H and O–H groups in total. The van der Waals surface area contributed by atoms with Gasteiger partial charge >= 0.3 is 0 Å². The number of piperazine rings is 1. The quantitative estimate of drug-likeness (QED) is 0.558. The van der Waals surface area contributed by atoms with Crippen molar-refractivity contribution in [2.24, 2.45) is 7.05 Å². The Hall–Kier alpha value is -2.04. The Morgan fingerprint density at radius 1 is 0.967 bits per heavy atom. The summed E-state index contributed by atoms with van der Waals surface area (Å²) in [6.07, 6.45) is 1.52. The highest BCUT2D eigenvalue weighted by atomic mass is 79.9. The molecule has 0 unspecified atom stereocenters. The number of rotatable bonds is 3. The number of fused-ring (bicyclic) bond motifs is 1. The van der Waals surface area contributed by atoms with Crippen molar-refractivity contribution in [2.75, 3.05) is 31.1 Å². The molecule has 0 spiro atoms. The predicted octanol–water partition coefficient (Wildman–Crippen LogP) is 2.87. The van der Waals surface area contributed by atoms with Crippen LogP contribution in [0.15, 0.2) is 21.9 Å². The van der Waals surface area contributed by atoms with E-state index in [1.54, 1.807) is 8.99 Å². The van der Waals surface area contributed by atoms with Crippen LogP contribution < -0.4 is 4.90 Å². The third kappa shape index (κ3) is 3.30. The summed E-state index contributed by atoms with van der Waals surface area (Å²) in [5.41, 5.74) is 4.40. The van der Waals surface area contributed by atoms with Crippen LogP contribution in [0.1, 0.15) is 22.3 Å². The number of aryl methyl sites for hydroxylation is 3. The normalized spacial score (nSPS) is 15.9. The van der Waals surface area contributed by atoms with Gasteiger partial charge in [0.2, 0.25) is 10.0 Å². The van der Waals surface area contributed by atoms with Gasteiger partial charge in [-0.1, -0.05) is 6.07 Å². The number of halogens is 1. The molecule has 160 valence electrons. The lowest BCUT2D eigenvalue weighted by atomic mass is 10.0. The Balaban J connectivity index is 1.63. The summed E-state index contributed by atoms with van der Waals surface area (Å²) in [5.74, 6) is 0.774. The molecule has 0 bridgehead atoms. The van der Waals surface area contributed by atoms with E-state index < -0.39 is 10.0 Å². The van der Waals surface area contributed by atoms with E-state index in [9.17, 15) is 8.42 Å². The van der Waals surface area contributed by atoms with E-state index in [2.05, 4.69) is 35.9 Å². The molecule has 0 saturated carbocycles. The number of nitrogens with zero attached hydrogens (tertiary/aromatic N) is 6. The number of benzene rings is 1. The third-order valence-electron chi connectivity index (χ3n) is 5.99. The zero-order valence-corrected chi connectivity index (χ0v) is 20.2. The third-order valence-corrected chi connectivity index (χ3v) is 8.72. The molecule has 0 atom stereocenters. The fourth-order valence-corrected chi connectivity index (χ4v) is 6.69. The smallest absolute Gasteiger partial charge is 0.243 e. The van der Waals surface area contributed by atoms with Crippen molar-refractivity contribution < 1.29 is 8.42 Å². The number of sulfonamides is 1. The molecule has 8 nitrogen and oxygen atoms in total. The number of hydrogen-bond donors (Lipinski definition) is 0. The summed E-state index contributed by atoms with van der Waals surface area (Å²) < 4.78 is 31.0. The summed E-state index contributed by atoms with van der Waals surface area (Å²) in [4.78, 5) is 11.3. The molecule has 1 aliphatic rings. The molecule has 10 heteroatoms. The SMILES string of the molecule is Cc1cc(C)c(C)c(S(=O)(=O)N2CCN(c3ncnc4c3c(Br)nn4C)CC2)c1C. The molecule has 3 heterocycles. The Morgan fingerprint density at radius 3 is 2.17 bits per heavy atom. The maximum Gasteiger partial charge on any atom is 0.243 e. The molecule has 1 fully saturated rings. The molecule has 1 aliphatic heterocycles. The van der Waals surface area contributed by atoms with Gasteiger partial charge in [0, 0.05) is 33.2 Å². The first-order valence-electron chi connectivity index (χ1n) is 9.78. The van der Waals surface area contributed by atoms with Crippen molar-refractivity contribution in [1.82, 2.24) is 24.1 Å². The summed E-state index contributed by atoms with van der Waals surface area (Å²) in [6.45, 7) is 9.61. The van der Waals surface area contributed by atoms with Gasteiger partial charge in [0.1, 0.15) is 16.7 Å². The van der Waals surface area contributed by atoms with Crippen LogP contribution in [0, 0.1) is 27.7 Å². The fourth-order valence-electron chi connectivity index (χ4n) is 4.10. The number of aromatic nitrogens is 4. The molecular weight excluding hydrogens is 468 g/mol. The van der Waals surface area contributed by atoms with Crippen molar-refractivity contribution in [2.45, 2.75) is 32.6 Å². The van der Waals surface area contributed by atoms with Crippen LogP contribution >= 0.6 is 15.9 Å². The Labute approximate surface area is 185 Å². The lowest BCUT2D eigenvalue weighted by Crippen LogP contribution is -2.49. The minimum atomic E-state index is -3.57. The van der Waals surface area contributed by atoms with Crippen molar-refractivity contribution in [3.63, 3.8) is 0 Å². The van der Waals surface area contributed by atoms with Crippen LogP contribution in [-0.2, 0) is 17.1 Å². The van der Waals surface area contributed by atoms with E-state index in [0.717, 1.165) is 39.1 Å². The van der Waals surface area contributed by atoms with Gasteiger partial charge in [0.25, 0.3) is 0 Å². The van der Waals surface area contributed by atoms with Crippen LogP contribution in [0.4, 0.5) is 5.82 Å². The van der Waals surface area contributed by atoms with E-state index in [4.69, 9.17) is 0 Å². The second kappa shape index (κ2) is 7.58. The molecule has 1 saturated heterocycles. The average Bonchev–Trinajstić information content (AvgIpc) is 3.00. The lowest BCUT2D eigenvalue weighted by Gasteiger charge is -2.35. The largest absolute Gasteiger partial charge is 0.353 e. The number of hydrogen-bond acceptors (Lipinski definition) is 6. The van der Waals surface area contributed by atoms with Crippen LogP contribution in [0.2, 0.25) is 0 Å². The highest BCUT2D eigenvalue weighted by molar-refractivity contribution is 9.10. The zero-order valence-electron chi connectivity index (χ0n) is 17.8. The second-order valence-electron chi connectivity index (χ2n) is 7.79. The first-order chi connectivity index (χ1) is 14.1. The average molecular weight is 493 g/mol. The molecule has 4 rings (SSSR count). The molecule has 3 aromatic rings. The van der Waals surface area contributed by atoms with Gasteiger partial charge < -0.3 is 4.90 Å². The zero-order chi connectivity index (χ0) is 21.8. The van der Waals surface area contributed by atoms with Crippen molar-refractivity contribution in [3.8, 4) is 0 Å². The first-order valence-corrected chi connectivity index (χ1v) is 12.0. The molecule has 0 amide bonds. The van der Waals surface area contributed by atoms with Crippen molar-refractivity contribution >= 4 is 42.8 Å². The molecule has 0 radical (unpaired) electrons. The molecule has 30 heavy (non-hydrogen) atoms. The first kappa shape index (κ1) is 21.2. The van der Waals surface area contributed by atoms with Gasteiger partial charge in [-0.05, 0) is 65.9 Å². The summed E-state index contributed by atoms with van der Waals surface area (Å²) in [5, 5.41) is 5.22. The Kier molecular flexibility index (Phi) is 5.36. The standard InChI is InChI=1S/C20H25BrN6O2S/c1-12-10-13(2)15(4)17(14(12)3)30(28,29)27-8-6-26(7-9-27)20-16-18(21)24-25(5)19(16)22-11-23-20/h10-11H,6-9H2,1-5H3. The number of anilines is 1. The molecule has 1 aromatic carbocycles. The minimum Gasteiger partial charge on any atom is -0.353 e. The fraction of sp³-hybridized carbons (Fsp3) is 0.450. The van der Waals surface area contributed by atoms with Crippen molar-refractivity contribution in [3.05, 3.63) is 39.3 Å². The van der Waals surface area contributed by atoms with Crippen LogP contribution in [-0.4, -0.2) is 58.7 Å². The van der Waals surface area contributed by atoms with Gasteiger partial charge in [-0.15, -0.1) is 0 Å². The van der Waals surface area contributed by atoms with E-state index in [0.29, 0.717) is 35.7 Å². The Morgan fingerprint density at radius 2 is 1.57 bits per heavy atom.